The van der Waals surface area contributed by atoms with Crippen molar-refractivity contribution in [2.45, 2.75) is 64.6 Å². The molecule has 7 heteroatoms. The predicted molar refractivity (Wildman–Crippen MR) is 171 cm³/mol. The van der Waals surface area contributed by atoms with Crippen LogP contribution in [-0.4, -0.2) is 76.8 Å². The zero-order valence-electron chi connectivity index (χ0n) is 25.5. The Morgan fingerprint density at radius 2 is 1.65 bits per heavy atom. The van der Waals surface area contributed by atoms with Crippen LogP contribution in [0, 0.1) is 5.92 Å². The first kappa shape index (κ1) is 29.5. The van der Waals surface area contributed by atoms with Gasteiger partial charge in [0.15, 0.2) is 0 Å². The van der Waals surface area contributed by atoms with Crippen LogP contribution in [0.2, 0.25) is 0 Å². The number of fused-ring (bicyclic) bond motifs is 1. The van der Waals surface area contributed by atoms with Gasteiger partial charge in [-0.25, -0.2) is 0 Å². The van der Waals surface area contributed by atoms with Gasteiger partial charge in [-0.1, -0.05) is 61.7 Å². The smallest absolute Gasteiger partial charge is 0.228 e. The van der Waals surface area contributed by atoms with Gasteiger partial charge in [0.1, 0.15) is 0 Å². The van der Waals surface area contributed by atoms with Gasteiger partial charge in [-0.05, 0) is 59.7 Å². The fraction of sp³-hybridized carbons (Fsp3) is 0.472. The van der Waals surface area contributed by atoms with E-state index in [4.69, 9.17) is 0 Å². The minimum Gasteiger partial charge on any atom is -0.337 e. The molecule has 1 saturated heterocycles. The SMILES string of the molecule is CC(=O)N1CCCN(Cc2ccccc2)CCN(C(=O)C2CN(C3CCCCC3)C2)Cc2cc(-c3cccnc3)ccc21. The molecule has 2 aliphatic heterocycles. The number of anilines is 1. The van der Waals surface area contributed by atoms with Crippen molar-refractivity contribution < 1.29 is 9.59 Å². The minimum atomic E-state index is 0.0317. The Balaban J connectivity index is 1.29. The molecule has 0 radical (unpaired) electrons. The van der Waals surface area contributed by atoms with Gasteiger partial charge >= 0.3 is 0 Å². The summed E-state index contributed by atoms with van der Waals surface area (Å²) in [6.45, 7) is 7.70. The number of benzene rings is 2. The van der Waals surface area contributed by atoms with Crippen LogP contribution in [0.15, 0.2) is 73.1 Å². The van der Waals surface area contributed by atoms with Crippen LogP contribution in [0.25, 0.3) is 11.1 Å². The number of hydrogen-bond donors (Lipinski definition) is 0. The van der Waals surface area contributed by atoms with E-state index in [0.717, 1.165) is 61.5 Å². The third kappa shape index (κ3) is 7.16. The molecule has 43 heavy (non-hydrogen) atoms. The molecule has 2 amide bonds. The van der Waals surface area contributed by atoms with Crippen molar-refractivity contribution in [1.82, 2.24) is 19.7 Å². The van der Waals surface area contributed by atoms with Gasteiger partial charge in [-0.2, -0.15) is 0 Å². The van der Waals surface area contributed by atoms with Crippen LogP contribution in [0.1, 0.15) is 56.6 Å². The van der Waals surface area contributed by atoms with E-state index in [2.05, 4.69) is 68.2 Å². The lowest BCUT2D eigenvalue weighted by molar-refractivity contribution is -0.143. The van der Waals surface area contributed by atoms with Crippen molar-refractivity contribution in [3.63, 3.8) is 0 Å². The van der Waals surface area contributed by atoms with E-state index in [1.54, 1.807) is 13.1 Å². The second-order valence-electron chi connectivity index (χ2n) is 12.6. The minimum absolute atomic E-state index is 0.0317. The first-order valence-electron chi connectivity index (χ1n) is 16.2. The van der Waals surface area contributed by atoms with E-state index in [0.29, 0.717) is 25.7 Å². The molecular formula is C36H45N5O2. The van der Waals surface area contributed by atoms with Gasteiger partial charge in [0.25, 0.3) is 0 Å². The highest BCUT2D eigenvalue weighted by Crippen LogP contribution is 2.32. The molecule has 1 aromatic heterocycles. The van der Waals surface area contributed by atoms with E-state index in [9.17, 15) is 9.59 Å². The van der Waals surface area contributed by atoms with E-state index in [1.165, 1.54) is 37.7 Å². The maximum atomic E-state index is 14.2. The molecule has 0 bridgehead atoms. The maximum Gasteiger partial charge on any atom is 0.228 e. The van der Waals surface area contributed by atoms with Crippen LogP contribution in [0.5, 0.6) is 0 Å². The van der Waals surface area contributed by atoms with E-state index in [1.807, 2.05) is 23.2 Å². The van der Waals surface area contributed by atoms with Crippen molar-refractivity contribution in [3.8, 4) is 11.1 Å². The van der Waals surface area contributed by atoms with Crippen LogP contribution in [0.3, 0.4) is 0 Å². The summed E-state index contributed by atoms with van der Waals surface area (Å²) in [5.74, 6) is 0.325. The molecule has 2 fully saturated rings. The third-order valence-electron chi connectivity index (χ3n) is 9.56. The number of pyridine rings is 1. The van der Waals surface area contributed by atoms with Gasteiger partial charge in [0.05, 0.1) is 5.92 Å². The van der Waals surface area contributed by atoms with Gasteiger partial charge in [0, 0.05) is 83.4 Å². The topological polar surface area (TPSA) is 60.0 Å². The molecule has 1 aliphatic carbocycles. The second-order valence-corrected chi connectivity index (χ2v) is 12.6. The number of rotatable bonds is 5. The van der Waals surface area contributed by atoms with E-state index in [-0.39, 0.29) is 17.7 Å². The number of carbonyl (C=O) groups is 2. The molecular weight excluding hydrogens is 534 g/mol. The van der Waals surface area contributed by atoms with Crippen LogP contribution in [-0.2, 0) is 22.7 Å². The number of amides is 2. The summed E-state index contributed by atoms with van der Waals surface area (Å²) in [5.41, 5.74) is 5.28. The molecule has 0 N–H and O–H groups in total. The van der Waals surface area contributed by atoms with Gasteiger partial charge in [0.2, 0.25) is 11.8 Å². The summed E-state index contributed by atoms with van der Waals surface area (Å²) in [6.07, 6.45) is 11.0. The number of likely N-dealkylation sites (tertiary alicyclic amines) is 1. The van der Waals surface area contributed by atoms with E-state index >= 15 is 0 Å². The van der Waals surface area contributed by atoms with E-state index < -0.39 is 0 Å². The average Bonchev–Trinajstić information content (AvgIpc) is 3.05. The Morgan fingerprint density at radius 3 is 2.40 bits per heavy atom. The highest BCUT2D eigenvalue weighted by molar-refractivity contribution is 5.93. The number of nitrogens with zero attached hydrogens (tertiary/aromatic N) is 5. The number of aromatic nitrogens is 1. The van der Waals surface area contributed by atoms with Gasteiger partial charge in [-0.15, -0.1) is 0 Å². The largest absolute Gasteiger partial charge is 0.337 e. The maximum absolute atomic E-state index is 14.2. The molecule has 6 rings (SSSR count). The monoisotopic (exact) mass is 579 g/mol. The third-order valence-corrected chi connectivity index (χ3v) is 9.56. The molecule has 7 nitrogen and oxygen atoms in total. The molecule has 3 heterocycles. The highest BCUT2D eigenvalue weighted by Gasteiger charge is 2.39. The fourth-order valence-corrected chi connectivity index (χ4v) is 7.11. The molecule has 2 aromatic carbocycles. The zero-order valence-corrected chi connectivity index (χ0v) is 25.5. The zero-order chi connectivity index (χ0) is 29.6. The van der Waals surface area contributed by atoms with Crippen molar-refractivity contribution >= 4 is 17.5 Å². The standard InChI is InChI=1S/C36H45N5O2/c1-28(42)41-19-9-18-38(24-29-10-4-2-5-11-29)20-21-39(36(43)33-26-40(27-33)34-13-6-3-7-14-34)25-32-22-30(15-16-35(32)41)31-12-8-17-37-23-31/h2,4-5,8,10-12,15-17,22-23,33-34H,3,6-7,9,13-14,18-21,24-27H2,1H3. The quantitative estimate of drug-likeness (QED) is 0.394. The Bertz CT molecular complexity index is 1370. The first-order chi connectivity index (χ1) is 21.0. The highest BCUT2D eigenvalue weighted by atomic mass is 16.2. The Kier molecular flexibility index (Phi) is 9.49. The lowest BCUT2D eigenvalue weighted by Gasteiger charge is -2.46. The molecule has 226 valence electrons. The summed E-state index contributed by atoms with van der Waals surface area (Å²) >= 11 is 0. The summed E-state index contributed by atoms with van der Waals surface area (Å²) in [7, 11) is 0. The summed E-state index contributed by atoms with van der Waals surface area (Å²) in [5, 5.41) is 0. The first-order valence-corrected chi connectivity index (χ1v) is 16.2. The number of carbonyl (C=O) groups excluding carboxylic acids is 2. The average molecular weight is 580 g/mol. The van der Waals surface area contributed by atoms with Crippen molar-refractivity contribution in [3.05, 3.63) is 84.2 Å². The normalized spacial score (nSPS) is 19.7. The molecule has 3 aromatic rings. The Morgan fingerprint density at radius 1 is 0.837 bits per heavy atom. The Hall–Kier alpha value is -3.55. The van der Waals surface area contributed by atoms with Crippen LogP contribution in [0.4, 0.5) is 5.69 Å². The van der Waals surface area contributed by atoms with Gasteiger partial charge < -0.3 is 9.80 Å². The lowest BCUT2D eigenvalue weighted by atomic mass is 9.88. The number of hydrogen-bond acceptors (Lipinski definition) is 5. The fourth-order valence-electron chi connectivity index (χ4n) is 7.11. The molecule has 3 aliphatic rings. The van der Waals surface area contributed by atoms with Gasteiger partial charge in [-0.3, -0.25) is 24.4 Å². The molecule has 0 unspecified atom stereocenters. The summed E-state index contributed by atoms with van der Waals surface area (Å²) < 4.78 is 0. The predicted octanol–water partition coefficient (Wildman–Crippen LogP) is 5.60. The van der Waals surface area contributed by atoms with Crippen LogP contribution >= 0.6 is 0 Å². The van der Waals surface area contributed by atoms with Crippen LogP contribution < -0.4 is 4.90 Å². The molecule has 0 spiro atoms. The Labute approximate surface area is 256 Å². The second kappa shape index (κ2) is 13.8. The van der Waals surface area contributed by atoms with Crippen molar-refractivity contribution in [2.24, 2.45) is 5.92 Å². The molecule has 1 saturated carbocycles. The lowest BCUT2D eigenvalue weighted by Crippen LogP contribution is -2.58. The molecule has 0 atom stereocenters. The summed E-state index contributed by atoms with van der Waals surface area (Å²) in [4.78, 5) is 40.5. The van der Waals surface area contributed by atoms with Crippen molar-refractivity contribution in [1.29, 1.82) is 0 Å². The van der Waals surface area contributed by atoms with Crippen molar-refractivity contribution in [2.75, 3.05) is 44.2 Å². The summed E-state index contributed by atoms with van der Waals surface area (Å²) in [6, 6.07) is 21.5.